The van der Waals surface area contributed by atoms with Gasteiger partial charge in [-0.2, -0.15) is 0 Å². The van der Waals surface area contributed by atoms with Crippen molar-refractivity contribution in [2.75, 3.05) is 11.9 Å². The Morgan fingerprint density at radius 2 is 1.38 bits per heavy atom. The first-order chi connectivity index (χ1) is 10.2. The van der Waals surface area contributed by atoms with E-state index in [4.69, 9.17) is 9.63 Å². The van der Waals surface area contributed by atoms with Gasteiger partial charge in [0.05, 0.1) is 11.6 Å². The highest BCUT2D eigenvalue weighted by Gasteiger charge is 2.31. The van der Waals surface area contributed by atoms with Crippen LogP contribution in [0.3, 0.4) is 0 Å². The molecule has 0 saturated heterocycles. The molecule has 1 atom stereocenters. The molecule has 0 radical (unpaired) electrons. The molecule has 0 amide bonds. The van der Waals surface area contributed by atoms with Gasteiger partial charge in [-0.15, -0.1) is 0 Å². The van der Waals surface area contributed by atoms with Crippen molar-refractivity contribution >= 4 is 29.2 Å². The predicted octanol–water partition coefficient (Wildman–Crippen LogP) is 5.15. The van der Waals surface area contributed by atoms with Crippen LogP contribution in [0.15, 0.2) is 0 Å². The van der Waals surface area contributed by atoms with Crippen LogP contribution < -0.4 is 0 Å². The summed E-state index contributed by atoms with van der Waals surface area (Å²) in [6.07, 6.45) is 12.4. The number of hydrogen-bond acceptors (Lipinski definition) is 5. The standard InChI is InChI=1S/C14H29O4PS2/c15-12-20-21-13-18-19(16,17)14-10-8-6-4-2-1-3-5-7-9-11-14/h14-15H,1-13H2,(H,16,17). The molecule has 1 unspecified atom stereocenters. The Morgan fingerprint density at radius 1 is 0.905 bits per heavy atom. The van der Waals surface area contributed by atoms with E-state index in [9.17, 15) is 9.46 Å². The second-order valence-corrected chi connectivity index (χ2v) is 10.1. The molecule has 0 aromatic heterocycles. The van der Waals surface area contributed by atoms with Crippen LogP contribution in [0, 0.1) is 0 Å². The van der Waals surface area contributed by atoms with Crippen LogP contribution in [0.1, 0.15) is 70.6 Å². The maximum atomic E-state index is 12.4. The van der Waals surface area contributed by atoms with Gasteiger partial charge in [-0.3, -0.25) is 9.09 Å². The maximum Gasteiger partial charge on any atom is 0.331 e. The molecule has 126 valence electrons. The second-order valence-electron chi connectivity index (χ2n) is 5.59. The van der Waals surface area contributed by atoms with Gasteiger partial charge in [-0.25, -0.2) is 0 Å². The van der Waals surface area contributed by atoms with Crippen molar-refractivity contribution in [3.05, 3.63) is 0 Å². The third-order valence-electron chi connectivity index (χ3n) is 3.96. The highest BCUT2D eigenvalue weighted by molar-refractivity contribution is 8.76. The Labute approximate surface area is 136 Å². The maximum absolute atomic E-state index is 12.4. The van der Waals surface area contributed by atoms with Gasteiger partial charge in [0.2, 0.25) is 0 Å². The van der Waals surface area contributed by atoms with E-state index >= 15 is 0 Å². The molecule has 21 heavy (non-hydrogen) atoms. The number of rotatable bonds is 6. The van der Waals surface area contributed by atoms with E-state index in [1.54, 1.807) is 0 Å². The molecule has 1 aliphatic rings. The van der Waals surface area contributed by atoms with E-state index in [0.717, 1.165) is 38.5 Å². The van der Waals surface area contributed by atoms with E-state index in [1.807, 2.05) is 0 Å². The van der Waals surface area contributed by atoms with E-state index < -0.39 is 7.60 Å². The summed E-state index contributed by atoms with van der Waals surface area (Å²) in [6, 6.07) is 0. The first-order valence-corrected chi connectivity index (χ1v) is 12.1. The normalized spacial score (nSPS) is 23.0. The molecule has 0 spiro atoms. The van der Waals surface area contributed by atoms with Crippen molar-refractivity contribution in [3.63, 3.8) is 0 Å². The molecule has 1 saturated carbocycles. The van der Waals surface area contributed by atoms with Gasteiger partial charge < -0.3 is 10.00 Å². The van der Waals surface area contributed by atoms with Crippen molar-refractivity contribution in [2.45, 2.75) is 76.3 Å². The first kappa shape index (κ1) is 19.9. The van der Waals surface area contributed by atoms with Gasteiger partial charge >= 0.3 is 7.60 Å². The highest BCUT2D eigenvalue weighted by atomic mass is 33.1. The highest BCUT2D eigenvalue weighted by Crippen LogP contribution is 2.52. The van der Waals surface area contributed by atoms with Crippen molar-refractivity contribution in [1.82, 2.24) is 0 Å². The minimum Gasteiger partial charge on any atom is -0.385 e. The van der Waals surface area contributed by atoms with Crippen molar-refractivity contribution in [1.29, 1.82) is 0 Å². The van der Waals surface area contributed by atoms with Crippen LogP contribution in [0.5, 0.6) is 0 Å². The van der Waals surface area contributed by atoms with Gasteiger partial charge in [-0.1, -0.05) is 79.4 Å². The SMILES string of the molecule is O=P(O)(OCSSCO)C1CCCCCCCCCCC1. The molecule has 0 aromatic carbocycles. The van der Waals surface area contributed by atoms with Crippen LogP contribution in [-0.4, -0.2) is 27.5 Å². The summed E-state index contributed by atoms with van der Waals surface area (Å²) >= 11 is 0. The monoisotopic (exact) mass is 356 g/mol. The Hall–Kier alpha value is 0.810. The molecule has 7 heteroatoms. The number of aliphatic hydroxyl groups excluding tert-OH is 1. The van der Waals surface area contributed by atoms with E-state index in [0.29, 0.717) is 0 Å². The van der Waals surface area contributed by atoms with Crippen molar-refractivity contribution < 1.29 is 19.1 Å². The van der Waals surface area contributed by atoms with Crippen molar-refractivity contribution in [3.8, 4) is 0 Å². The summed E-state index contributed by atoms with van der Waals surface area (Å²) < 4.78 is 17.6. The van der Waals surface area contributed by atoms with E-state index in [-0.39, 0.29) is 17.5 Å². The zero-order valence-corrected chi connectivity index (χ0v) is 15.3. The summed E-state index contributed by atoms with van der Waals surface area (Å²) in [7, 11) is -1.02. The van der Waals surface area contributed by atoms with E-state index in [2.05, 4.69) is 0 Å². The average Bonchev–Trinajstić information content (AvgIpc) is 2.44. The predicted molar refractivity (Wildman–Crippen MR) is 92.6 cm³/mol. The van der Waals surface area contributed by atoms with Gasteiger partial charge in [0, 0.05) is 0 Å². The van der Waals surface area contributed by atoms with E-state index in [1.165, 1.54) is 53.7 Å². The molecule has 0 bridgehead atoms. The molecule has 0 aromatic rings. The smallest absolute Gasteiger partial charge is 0.331 e. The average molecular weight is 356 g/mol. The van der Waals surface area contributed by atoms with Gasteiger partial charge in [0.1, 0.15) is 5.94 Å². The molecule has 2 N–H and O–H groups in total. The molecule has 0 heterocycles. The Morgan fingerprint density at radius 3 is 1.86 bits per heavy atom. The Bertz CT molecular complexity index is 293. The minimum atomic E-state index is -3.53. The fraction of sp³-hybridized carbons (Fsp3) is 1.00. The fourth-order valence-electron chi connectivity index (χ4n) is 2.74. The van der Waals surface area contributed by atoms with Gasteiger partial charge in [0.25, 0.3) is 0 Å². The summed E-state index contributed by atoms with van der Waals surface area (Å²) in [4.78, 5) is 10.2. The van der Waals surface area contributed by atoms with Crippen LogP contribution in [-0.2, 0) is 9.09 Å². The summed E-state index contributed by atoms with van der Waals surface area (Å²) in [6.45, 7) is 0. The molecule has 1 rings (SSSR count). The Kier molecular flexibility index (Phi) is 11.6. The lowest BCUT2D eigenvalue weighted by Crippen LogP contribution is -2.11. The topological polar surface area (TPSA) is 66.8 Å². The molecule has 1 aliphatic carbocycles. The minimum absolute atomic E-state index is 0.00676. The Balaban J connectivity index is 2.42. The molecule has 1 fully saturated rings. The fourth-order valence-corrected chi connectivity index (χ4v) is 5.70. The van der Waals surface area contributed by atoms with Crippen LogP contribution in [0.4, 0.5) is 0 Å². The number of hydrogen-bond donors (Lipinski definition) is 2. The zero-order valence-electron chi connectivity index (χ0n) is 12.7. The zero-order chi connectivity index (χ0) is 15.4. The quantitative estimate of drug-likeness (QED) is 0.297. The lowest BCUT2D eigenvalue weighted by Gasteiger charge is -2.23. The largest absolute Gasteiger partial charge is 0.385 e. The molecular weight excluding hydrogens is 327 g/mol. The molecule has 4 nitrogen and oxygen atoms in total. The van der Waals surface area contributed by atoms with Gasteiger partial charge in [0.15, 0.2) is 0 Å². The van der Waals surface area contributed by atoms with Gasteiger partial charge in [-0.05, 0) is 12.8 Å². The summed E-state index contributed by atoms with van der Waals surface area (Å²) in [5.74, 6) is 0.155. The van der Waals surface area contributed by atoms with Crippen molar-refractivity contribution in [2.24, 2.45) is 0 Å². The van der Waals surface area contributed by atoms with Crippen LogP contribution in [0.2, 0.25) is 0 Å². The summed E-state index contributed by atoms with van der Waals surface area (Å²) in [5.41, 5.74) is -0.211. The molecule has 0 aliphatic heterocycles. The first-order valence-electron chi connectivity index (χ1n) is 7.99. The van der Waals surface area contributed by atoms with Crippen LogP contribution >= 0.6 is 29.2 Å². The summed E-state index contributed by atoms with van der Waals surface area (Å²) in [5, 5.41) is 8.68. The number of aliphatic hydroxyl groups is 1. The van der Waals surface area contributed by atoms with Crippen LogP contribution in [0.25, 0.3) is 0 Å². The third kappa shape index (κ3) is 9.52. The third-order valence-corrected chi connectivity index (χ3v) is 7.66. The molecular formula is C14H29O4PS2. The second kappa shape index (κ2) is 12.3. The lowest BCUT2D eigenvalue weighted by atomic mass is 10.0. The lowest BCUT2D eigenvalue weighted by molar-refractivity contribution is 0.286.